The van der Waals surface area contributed by atoms with Crippen molar-refractivity contribution < 1.29 is 47.2 Å². The summed E-state index contributed by atoms with van der Waals surface area (Å²) in [5.74, 6) is 0. The molecule has 1 saturated heterocycles. The first kappa shape index (κ1) is 30.7. The number of hydrogen-bond acceptors (Lipinski definition) is 8. The summed E-state index contributed by atoms with van der Waals surface area (Å²) < 4.78 is 64.0. The van der Waals surface area contributed by atoms with Gasteiger partial charge in [0.1, 0.15) is 29.7 Å². The van der Waals surface area contributed by atoms with E-state index in [1.165, 1.54) is 26.0 Å². The van der Waals surface area contributed by atoms with Gasteiger partial charge in [-0.15, -0.1) is 0 Å². The summed E-state index contributed by atoms with van der Waals surface area (Å²) in [5, 5.41) is 30.2. The topological polar surface area (TPSA) is 162 Å². The number of alkyl halides is 3. The highest BCUT2D eigenvalue weighted by Gasteiger charge is 2.52. The predicted molar refractivity (Wildman–Crippen MR) is 131 cm³/mol. The Balaban J connectivity index is 1.91. The zero-order chi connectivity index (χ0) is 28.8. The Bertz CT molecular complexity index is 1280. The molecule has 2 aromatic rings. The van der Waals surface area contributed by atoms with Gasteiger partial charge in [0, 0.05) is 17.4 Å². The molecule has 2 aromatic heterocycles. The van der Waals surface area contributed by atoms with E-state index in [0.717, 1.165) is 0 Å². The molecule has 0 bridgehead atoms. The zero-order valence-corrected chi connectivity index (χ0v) is 22.6. The number of rotatable bonds is 9. The minimum absolute atomic E-state index is 0.0377. The van der Waals surface area contributed by atoms with Gasteiger partial charge < -0.3 is 34.5 Å². The van der Waals surface area contributed by atoms with Gasteiger partial charge in [-0.2, -0.15) is 13.2 Å². The third-order valence-electron chi connectivity index (χ3n) is 7.37. The summed E-state index contributed by atoms with van der Waals surface area (Å²) in [4.78, 5) is 29.1. The Morgan fingerprint density at radius 2 is 1.74 bits per heavy atom. The van der Waals surface area contributed by atoms with Crippen molar-refractivity contribution >= 4 is 18.6 Å². The first-order chi connectivity index (χ1) is 17.4. The highest BCUT2D eigenvalue weighted by Crippen LogP contribution is 2.60. The van der Waals surface area contributed by atoms with E-state index < -0.39 is 60.4 Å². The summed E-state index contributed by atoms with van der Waals surface area (Å²) in [6, 6.07) is 2.45. The molecular weight excluding hydrogens is 532 g/mol. The van der Waals surface area contributed by atoms with Crippen LogP contribution in [-0.4, -0.2) is 59.4 Å². The van der Waals surface area contributed by atoms with Crippen molar-refractivity contribution in [2.75, 3.05) is 0 Å². The van der Waals surface area contributed by atoms with E-state index in [9.17, 15) is 42.7 Å². The second-order valence-electron chi connectivity index (χ2n) is 10.0. The fraction of sp³-hybridized carbons (Fsp3) is 0.667. The number of ether oxygens (including phenoxy) is 1. The molecule has 5 N–H and O–H groups in total. The number of hydrogen-bond donors (Lipinski definition) is 5. The first-order valence-electron chi connectivity index (χ1n) is 12.3. The van der Waals surface area contributed by atoms with Gasteiger partial charge in [-0.25, -0.2) is 4.98 Å². The van der Waals surface area contributed by atoms with Crippen LogP contribution < -0.4 is 5.56 Å². The van der Waals surface area contributed by atoms with Gasteiger partial charge >= 0.3 is 13.8 Å². The lowest BCUT2D eigenvalue weighted by Gasteiger charge is -2.38. The number of aliphatic hydroxyl groups is 3. The highest BCUT2D eigenvalue weighted by atomic mass is 31.2. The normalized spacial score (nSPS) is 25.9. The van der Waals surface area contributed by atoms with Gasteiger partial charge in [0.05, 0.1) is 11.7 Å². The minimum atomic E-state index is -4.72. The smallest absolute Gasteiger partial charge is 0.388 e. The van der Waals surface area contributed by atoms with Crippen LogP contribution in [0.2, 0.25) is 0 Å². The largest absolute Gasteiger partial charge is 0.433 e. The minimum Gasteiger partial charge on any atom is -0.388 e. The molecule has 38 heavy (non-hydrogen) atoms. The number of aromatic nitrogens is 2. The molecule has 0 amide bonds. The molecule has 0 spiro atoms. The van der Waals surface area contributed by atoms with Crippen LogP contribution in [0.15, 0.2) is 16.9 Å². The van der Waals surface area contributed by atoms with Gasteiger partial charge in [0.25, 0.3) is 5.56 Å². The molecule has 1 aliphatic heterocycles. The summed E-state index contributed by atoms with van der Waals surface area (Å²) in [7, 11) is -4.56. The second-order valence-corrected chi connectivity index (χ2v) is 12.1. The molecule has 10 nitrogen and oxygen atoms in total. The average Bonchev–Trinajstić information content (AvgIpc) is 3.09. The fourth-order valence-electron chi connectivity index (χ4n) is 4.64. The zero-order valence-electron chi connectivity index (χ0n) is 21.7. The fourth-order valence-corrected chi connectivity index (χ4v) is 6.41. The van der Waals surface area contributed by atoms with Crippen molar-refractivity contribution in [3.63, 3.8) is 0 Å². The molecule has 0 aliphatic carbocycles. The summed E-state index contributed by atoms with van der Waals surface area (Å²) in [6.45, 7) is 7.50. The molecule has 0 saturated carbocycles. The van der Waals surface area contributed by atoms with Gasteiger partial charge in [-0.05, 0) is 50.8 Å². The monoisotopic (exact) mass is 566 g/mol. The lowest BCUT2D eigenvalue weighted by Crippen LogP contribution is -2.40. The molecule has 3 rings (SSSR count). The van der Waals surface area contributed by atoms with E-state index in [0.29, 0.717) is 0 Å². The summed E-state index contributed by atoms with van der Waals surface area (Å²) >= 11 is 0. The number of halogens is 3. The van der Waals surface area contributed by atoms with Crippen molar-refractivity contribution in [2.45, 2.75) is 102 Å². The number of aryl methyl sites for hydroxylation is 1. The number of nitrogens with one attached hydrogen (secondary N) is 1. The second kappa shape index (κ2) is 10.6. The molecule has 0 radical (unpaired) electrons. The number of nitrogens with zero attached hydrogens (tertiary/aromatic N) is 1. The van der Waals surface area contributed by atoms with Crippen LogP contribution in [0.4, 0.5) is 13.2 Å². The Morgan fingerprint density at radius 1 is 1.13 bits per heavy atom. The maximum absolute atomic E-state index is 13.2. The predicted octanol–water partition coefficient (Wildman–Crippen LogP) is 3.68. The van der Waals surface area contributed by atoms with Crippen LogP contribution >= 0.6 is 7.60 Å². The lowest BCUT2D eigenvalue weighted by atomic mass is 9.92. The number of pyridine rings is 2. The van der Waals surface area contributed by atoms with E-state index in [1.54, 1.807) is 20.8 Å². The maximum atomic E-state index is 13.2. The molecule has 14 heteroatoms. The van der Waals surface area contributed by atoms with Crippen molar-refractivity contribution in [3.8, 4) is 0 Å². The SMILES string of the molecule is CCC(C)(C[C@H]1O[C@@H](c2cc3cc(C)c(C(F)(F)F)nc3[nH]c2=O)[C@@H](O)C1O)OP(=O)(O)C(O)(CC)CC. The average molecular weight is 567 g/mol. The van der Waals surface area contributed by atoms with Crippen LogP contribution in [0, 0.1) is 6.92 Å². The standard InChI is InChI=1S/C24H34F3N2O8P/c1-6-22(5,37-38(34,35)23(33,7-2)8-3)11-15-16(30)17(31)18(36-15)14-10-13-9-12(4)19(24(25,26)27)28-20(13)29-21(14)32/h9-10,15-18,30-31,33H,6-8,11H2,1-5H3,(H,34,35)(H,28,29,32)/t15-,16?,17+,18+,22?/m1/s1. The molecule has 3 unspecified atom stereocenters. The van der Waals surface area contributed by atoms with Crippen molar-refractivity contribution in [1.82, 2.24) is 9.97 Å². The van der Waals surface area contributed by atoms with E-state index >= 15 is 0 Å². The Morgan fingerprint density at radius 3 is 2.26 bits per heavy atom. The van der Waals surface area contributed by atoms with E-state index in [1.807, 2.05) is 0 Å². The van der Waals surface area contributed by atoms with Gasteiger partial charge in [0.15, 0.2) is 5.34 Å². The van der Waals surface area contributed by atoms with Gasteiger partial charge in [0.2, 0.25) is 0 Å². The van der Waals surface area contributed by atoms with Gasteiger partial charge in [-0.1, -0.05) is 20.8 Å². The van der Waals surface area contributed by atoms with Crippen molar-refractivity contribution in [3.05, 3.63) is 39.3 Å². The first-order valence-corrected chi connectivity index (χ1v) is 13.9. The summed E-state index contributed by atoms with van der Waals surface area (Å²) in [6.07, 6.45) is -10.4. The number of aromatic amines is 1. The molecular formula is C24H34F3N2O8P. The lowest BCUT2D eigenvalue weighted by molar-refractivity contribution is -0.141. The highest BCUT2D eigenvalue weighted by molar-refractivity contribution is 7.54. The van der Waals surface area contributed by atoms with E-state index in [-0.39, 0.29) is 47.8 Å². The molecule has 0 aromatic carbocycles. The molecule has 6 atom stereocenters. The van der Waals surface area contributed by atoms with E-state index in [2.05, 4.69) is 9.97 Å². The van der Waals surface area contributed by atoms with Crippen LogP contribution in [0.1, 0.15) is 76.3 Å². The van der Waals surface area contributed by atoms with Crippen LogP contribution in [0.3, 0.4) is 0 Å². The number of H-pyrrole nitrogens is 1. The number of fused-ring (bicyclic) bond motifs is 1. The van der Waals surface area contributed by atoms with Gasteiger partial charge in [-0.3, -0.25) is 9.36 Å². The Kier molecular flexibility index (Phi) is 8.56. The van der Waals surface area contributed by atoms with Crippen molar-refractivity contribution in [2.24, 2.45) is 0 Å². The summed E-state index contributed by atoms with van der Waals surface area (Å²) in [5.41, 5.74) is -3.97. The third-order valence-corrected chi connectivity index (χ3v) is 9.74. The molecule has 3 heterocycles. The van der Waals surface area contributed by atoms with Crippen LogP contribution in [-0.2, 0) is 20.0 Å². The molecule has 214 valence electrons. The van der Waals surface area contributed by atoms with E-state index in [4.69, 9.17) is 9.26 Å². The number of aliphatic hydroxyl groups excluding tert-OH is 2. The quantitative estimate of drug-likeness (QED) is 0.285. The van der Waals surface area contributed by atoms with Crippen molar-refractivity contribution in [1.29, 1.82) is 0 Å². The Hall–Kier alpha value is -1.86. The maximum Gasteiger partial charge on any atom is 0.433 e. The van der Waals surface area contributed by atoms with Crippen LogP contribution in [0.25, 0.3) is 11.0 Å². The molecule has 1 fully saturated rings. The Labute approximate surface area is 217 Å². The third kappa shape index (κ3) is 5.70. The molecule has 1 aliphatic rings. The van der Waals surface area contributed by atoms with Crippen LogP contribution in [0.5, 0.6) is 0 Å².